The zero-order valence-corrected chi connectivity index (χ0v) is 24.3. The lowest BCUT2D eigenvalue weighted by Gasteiger charge is -2.42. The van der Waals surface area contributed by atoms with E-state index >= 15 is 0 Å². The summed E-state index contributed by atoms with van der Waals surface area (Å²) in [6.45, 7) is 11.5. The lowest BCUT2D eigenvalue weighted by Crippen LogP contribution is -2.31. The normalized spacial score (nSPS) is 14.1. The van der Waals surface area contributed by atoms with Crippen molar-refractivity contribution >= 4 is 28.2 Å². The molecule has 41 heavy (non-hydrogen) atoms. The van der Waals surface area contributed by atoms with Gasteiger partial charge in [0.1, 0.15) is 11.3 Å². The van der Waals surface area contributed by atoms with Crippen molar-refractivity contribution in [2.75, 3.05) is 4.90 Å². The molecule has 6 aromatic rings. The van der Waals surface area contributed by atoms with E-state index in [-0.39, 0.29) is 10.8 Å². The quantitative estimate of drug-likeness (QED) is 0.227. The number of nitrogens with zero attached hydrogens (tertiary/aromatic N) is 4. The van der Waals surface area contributed by atoms with Crippen molar-refractivity contribution in [3.05, 3.63) is 132 Å². The first-order valence-electron chi connectivity index (χ1n) is 14.3. The minimum absolute atomic E-state index is 0.0770. The molecule has 202 valence electrons. The van der Waals surface area contributed by atoms with Gasteiger partial charge in [0.05, 0.1) is 11.4 Å². The van der Waals surface area contributed by atoms with Crippen LogP contribution in [-0.2, 0) is 10.8 Å². The first-order chi connectivity index (χ1) is 19.7. The van der Waals surface area contributed by atoms with Crippen LogP contribution in [0, 0.1) is 0 Å². The van der Waals surface area contributed by atoms with Crippen LogP contribution < -0.4 is 4.90 Å². The van der Waals surface area contributed by atoms with Crippen LogP contribution in [0.3, 0.4) is 0 Å². The molecule has 1 aliphatic heterocycles. The number of hydrogen-bond donors (Lipinski definition) is 0. The monoisotopic (exact) mass is 534 g/mol. The van der Waals surface area contributed by atoms with Gasteiger partial charge in [-0.2, -0.15) is 0 Å². The van der Waals surface area contributed by atoms with Crippen LogP contribution in [0.2, 0.25) is 0 Å². The minimum Gasteiger partial charge on any atom is -0.310 e. The van der Waals surface area contributed by atoms with Gasteiger partial charge in [0, 0.05) is 28.6 Å². The fraction of sp³-hybridized carbons (Fsp3) is 0.189. The van der Waals surface area contributed by atoms with E-state index < -0.39 is 0 Å². The summed E-state index contributed by atoms with van der Waals surface area (Å²) < 4.78 is 2.15. The first-order valence-corrected chi connectivity index (χ1v) is 14.3. The zero-order chi connectivity index (χ0) is 28.4. The van der Waals surface area contributed by atoms with E-state index in [1.807, 2.05) is 24.4 Å². The molecule has 7 rings (SSSR count). The third-order valence-corrected chi connectivity index (χ3v) is 8.41. The van der Waals surface area contributed by atoms with Gasteiger partial charge in [0.25, 0.3) is 0 Å². The predicted molar refractivity (Wildman–Crippen MR) is 170 cm³/mol. The van der Waals surface area contributed by atoms with Crippen molar-refractivity contribution in [2.45, 2.75) is 45.4 Å². The van der Waals surface area contributed by atoms with E-state index in [0.29, 0.717) is 0 Å². The Morgan fingerprint density at radius 3 is 2.12 bits per heavy atom. The standard InChI is InChI=1S/C37H34N4/c1-36(2,3)26-19-22-33-30(24-26)37(4,5)29-14-9-10-16-32(29)40(33)28-20-17-25(18-21-28)34-39-31-15-11-23-38-35(31)41(34)27-12-7-6-8-13-27/h6-24H,1-5H3. The fourth-order valence-corrected chi connectivity index (χ4v) is 6.14. The summed E-state index contributed by atoms with van der Waals surface area (Å²) in [4.78, 5) is 12.1. The Labute approximate surface area is 242 Å². The molecule has 0 amide bonds. The van der Waals surface area contributed by atoms with Crippen LogP contribution in [0.15, 0.2) is 115 Å². The maximum Gasteiger partial charge on any atom is 0.164 e. The number of fused-ring (bicyclic) bond motifs is 3. The molecule has 4 heteroatoms. The Hall–Kier alpha value is -4.70. The third-order valence-electron chi connectivity index (χ3n) is 8.41. The molecule has 0 N–H and O–H groups in total. The lowest BCUT2D eigenvalue weighted by molar-refractivity contribution is 0.580. The van der Waals surface area contributed by atoms with Crippen LogP contribution in [-0.4, -0.2) is 14.5 Å². The average Bonchev–Trinajstić information content (AvgIpc) is 3.37. The van der Waals surface area contributed by atoms with E-state index in [0.717, 1.165) is 33.9 Å². The second-order valence-corrected chi connectivity index (χ2v) is 12.5. The predicted octanol–water partition coefficient (Wildman–Crippen LogP) is 9.49. The third kappa shape index (κ3) is 4.05. The number of para-hydroxylation sites is 2. The number of aromatic nitrogens is 3. The summed E-state index contributed by atoms with van der Waals surface area (Å²) in [7, 11) is 0. The van der Waals surface area contributed by atoms with Gasteiger partial charge in [-0.1, -0.05) is 83.1 Å². The first kappa shape index (κ1) is 25.3. The van der Waals surface area contributed by atoms with Gasteiger partial charge in [-0.25, -0.2) is 9.97 Å². The van der Waals surface area contributed by atoms with Crippen molar-refractivity contribution in [3.63, 3.8) is 0 Å². The molecule has 0 aliphatic carbocycles. The molecule has 0 bridgehead atoms. The van der Waals surface area contributed by atoms with Crippen LogP contribution in [0.25, 0.3) is 28.2 Å². The van der Waals surface area contributed by atoms with E-state index in [2.05, 4.69) is 140 Å². The molecule has 4 nitrogen and oxygen atoms in total. The highest BCUT2D eigenvalue weighted by Gasteiger charge is 2.37. The van der Waals surface area contributed by atoms with E-state index in [9.17, 15) is 0 Å². The van der Waals surface area contributed by atoms with Gasteiger partial charge < -0.3 is 4.90 Å². The molecule has 2 aromatic heterocycles. The van der Waals surface area contributed by atoms with Crippen LogP contribution in [0.4, 0.5) is 17.1 Å². The smallest absolute Gasteiger partial charge is 0.164 e. The molecule has 0 atom stereocenters. The zero-order valence-electron chi connectivity index (χ0n) is 24.3. The average molecular weight is 535 g/mol. The minimum atomic E-state index is -0.114. The summed E-state index contributed by atoms with van der Waals surface area (Å²) in [5.41, 5.74) is 11.4. The molecule has 0 fully saturated rings. The van der Waals surface area contributed by atoms with Crippen molar-refractivity contribution < 1.29 is 0 Å². The summed E-state index contributed by atoms with van der Waals surface area (Å²) >= 11 is 0. The van der Waals surface area contributed by atoms with E-state index in [1.165, 1.54) is 28.1 Å². The summed E-state index contributed by atoms with van der Waals surface area (Å²) in [5.74, 6) is 0.881. The Kier molecular flexibility index (Phi) is 5.65. The van der Waals surface area contributed by atoms with E-state index in [4.69, 9.17) is 4.98 Å². The molecule has 4 aromatic carbocycles. The van der Waals surface area contributed by atoms with Gasteiger partial charge in [-0.05, 0) is 82.8 Å². The Balaban J connectivity index is 1.38. The number of benzene rings is 4. The molecule has 0 spiro atoms. The Bertz CT molecular complexity index is 1890. The molecule has 1 aliphatic rings. The summed E-state index contributed by atoms with van der Waals surface area (Å²) in [6.07, 6.45) is 1.83. The topological polar surface area (TPSA) is 34.0 Å². The molecular weight excluding hydrogens is 500 g/mol. The summed E-state index contributed by atoms with van der Waals surface area (Å²) in [5, 5.41) is 0. The molecule has 0 saturated carbocycles. The maximum absolute atomic E-state index is 5.01. The lowest BCUT2D eigenvalue weighted by atomic mass is 9.71. The SMILES string of the molecule is CC(C)(C)c1ccc2c(c1)C(C)(C)c1ccccc1N2c1ccc(-c2nc3cccnc3n2-c2ccccc2)cc1. The van der Waals surface area contributed by atoms with Crippen molar-refractivity contribution in [1.82, 2.24) is 14.5 Å². The number of imidazole rings is 1. The van der Waals surface area contributed by atoms with Gasteiger partial charge in [-0.3, -0.25) is 4.57 Å². The Morgan fingerprint density at radius 1 is 0.659 bits per heavy atom. The van der Waals surface area contributed by atoms with Crippen LogP contribution >= 0.6 is 0 Å². The van der Waals surface area contributed by atoms with Gasteiger partial charge in [0.2, 0.25) is 0 Å². The number of anilines is 3. The highest BCUT2D eigenvalue weighted by Crippen LogP contribution is 2.52. The highest BCUT2D eigenvalue weighted by molar-refractivity contribution is 5.87. The second-order valence-electron chi connectivity index (χ2n) is 12.5. The molecular formula is C37H34N4. The number of hydrogen-bond acceptors (Lipinski definition) is 3. The maximum atomic E-state index is 5.01. The number of rotatable bonds is 3. The van der Waals surface area contributed by atoms with Gasteiger partial charge >= 0.3 is 0 Å². The van der Waals surface area contributed by atoms with Crippen LogP contribution in [0.5, 0.6) is 0 Å². The van der Waals surface area contributed by atoms with E-state index in [1.54, 1.807) is 0 Å². The molecule has 0 saturated heterocycles. The Morgan fingerprint density at radius 2 is 1.37 bits per heavy atom. The molecule has 0 radical (unpaired) electrons. The number of pyridine rings is 1. The second kappa shape index (κ2) is 9.17. The van der Waals surface area contributed by atoms with Crippen molar-refractivity contribution in [3.8, 4) is 17.1 Å². The van der Waals surface area contributed by atoms with Crippen LogP contribution in [0.1, 0.15) is 51.3 Å². The molecule has 0 unspecified atom stereocenters. The van der Waals surface area contributed by atoms with Crippen molar-refractivity contribution in [2.24, 2.45) is 0 Å². The van der Waals surface area contributed by atoms with Crippen molar-refractivity contribution in [1.29, 1.82) is 0 Å². The fourth-order valence-electron chi connectivity index (χ4n) is 6.14. The highest BCUT2D eigenvalue weighted by atomic mass is 15.2. The molecule has 3 heterocycles. The summed E-state index contributed by atoms with van der Waals surface area (Å²) in [6, 6.07) is 38.9. The van der Waals surface area contributed by atoms with Gasteiger partial charge in [0.15, 0.2) is 5.65 Å². The largest absolute Gasteiger partial charge is 0.310 e. The van der Waals surface area contributed by atoms with Gasteiger partial charge in [-0.15, -0.1) is 0 Å².